The molecule has 0 bridgehead atoms. The molecule has 1 N–H and O–H groups in total. The average Bonchev–Trinajstić information content (AvgIpc) is 3.42. The van der Waals surface area contributed by atoms with Crippen molar-refractivity contribution in [3.05, 3.63) is 66.0 Å². The molecule has 1 amide bonds. The van der Waals surface area contributed by atoms with Gasteiger partial charge in [0.15, 0.2) is 11.6 Å². The van der Waals surface area contributed by atoms with Crippen molar-refractivity contribution >= 4 is 5.91 Å². The van der Waals surface area contributed by atoms with E-state index < -0.39 is 0 Å². The van der Waals surface area contributed by atoms with Crippen LogP contribution in [0.25, 0.3) is 11.1 Å². The number of rotatable bonds is 7. The molecule has 7 heteroatoms. The molecule has 1 atom stereocenters. The Morgan fingerprint density at radius 2 is 2.13 bits per heavy atom. The van der Waals surface area contributed by atoms with Gasteiger partial charge in [0.25, 0.3) is 0 Å². The molecule has 1 fully saturated rings. The van der Waals surface area contributed by atoms with E-state index in [0.717, 1.165) is 41.8 Å². The lowest BCUT2D eigenvalue weighted by molar-refractivity contribution is -0.132. The number of benzene rings is 1. The van der Waals surface area contributed by atoms with Crippen molar-refractivity contribution in [1.82, 2.24) is 20.1 Å². The third kappa shape index (κ3) is 4.20. The van der Waals surface area contributed by atoms with E-state index in [1.807, 2.05) is 30.3 Å². The zero-order valence-electron chi connectivity index (χ0n) is 17.0. The van der Waals surface area contributed by atoms with E-state index in [0.29, 0.717) is 19.4 Å². The minimum atomic E-state index is -0.387. The monoisotopic (exact) mass is 408 g/mol. The minimum Gasteiger partial charge on any atom is -0.491 e. The maximum Gasteiger partial charge on any atom is 0.223 e. The highest BCUT2D eigenvalue weighted by Crippen LogP contribution is 2.37. The van der Waals surface area contributed by atoms with Crippen LogP contribution in [0.1, 0.15) is 43.0 Å². The molecule has 6 nitrogen and oxygen atoms in total. The molecule has 0 saturated carbocycles. The number of carbonyl (C=O) groups is 1. The lowest BCUT2D eigenvalue weighted by Crippen LogP contribution is -2.31. The second kappa shape index (κ2) is 9.07. The van der Waals surface area contributed by atoms with E-state index in [4.69, 9.17) is 4.74 Å². The number of hydrogen-bond donors (Lipinski definition) is 1. The topological polar surface area (TPSA) is 71.1 Å². The molecule has 3 heterocycles. The number of halogens is 1. The van der Waals surface area contributed by atoms with Crippen molar-refractivity contribution < 1.29 is 13.9 Å². The zero-order chi connectivity index (χ0) is 20.9. The predicted octanol–water partition coefficient (Wildman–Crippen LogP) is 4.44. The summed E-state index contributed by atoms with van der Waals surface area (Å²) < 4.78 is 19.1. The molecule has 0 aliphatic carbocycles. The normalized spacial score (nSPS) is 16.1. The highest BCUT2D eigenvalue weighted by atomic mass is 19.1. The number of H-pyrrole nitrogens is 1. The number of aromatic amines is 1. The summed E-state index contributed by atoms with van der Waals surface area (Å²) in [6.45, 7) is 3.05. The summed E-state index contributed by atoms with van der Waals surface area (Å²) in [6, 6.07) is 8.26. The van der Waals surface area contributed by atoms with Crippen LogP contribution in [0.2, 0.25) is 0 Å². The highest BCUT2D eigenvalue weighted by molar-refractivity contribution is 5.78. The molecule has 3 aromatic rings. The van der Waals surface area contributed by atoms with Crippen LogP contribution in [0.5, 0.6) is 5.75 Å². The smallest absolute Gasteiger partial charge is 0.223 e. The van der Waals surface area contributed by atoms with Crippen molar-refractivity contribution in [3.8, 4) is 16.9 Å². The molecular formula is C23H25FN4O2. The Morgan fingerprint density at radius 3 is 2.97 bits per heavy atom. The van der Waals surface area contributed by atoms with E-state index in [1.165, 1.54) is 6.07 Å². The summed E-state index contributed by atoms with van der Waals surface area (Å²) in [6.07, 6.45) is 8.18. The van der Waals surface area contributed by atoms with Gasteiger partial charge in [-0.2, -0.15) is 5.10 Å². The minimum absolute atomic E-state index is 0.0185. The Morgan fingerprint density at radius 1 is 1.27 bits per heavy atom. The molecule has 0 unspecified atom stereocenters. The number of ether oxygens (including phenoxy) is 1. The van der Waals surface area contributed by atoms with Gasteiger partial charge in [-0.1, -0.05) is 12.1 Å². The molecule has 1 aliphatic rings. The molecule has 156 valence electrons. The Bertz CT molecular complexity index is 1020. The van der Waals surface area contributed by atoms with Crippen molar-refractivity contribution in [1.29, 1.82) is 0 Å². The second-order valence-electron chi connectivity index (χ2n) is 7.52. The first-order valence-corrected chi connectivity index (χ1v) is 10.3. The summed E-state index contributed by atoms with van der Waals surface area (Å²) in [5, 5.41) is 7.38. The Labute approximate surface area is 175 Å². The van der Waals surface area contributed by atoms with Crippen LogP contribution in [0, 0.1) is 12.7 Å². The van der Waals surface area contributed by atoms with Crippen LogP contribution in [0.4, 0.5) is 4.39 Å². The summed E-state index contributed by atoms with van der Waals surface area (Å²) >= 11 is 0. The first-order valence-electron chi connectivity index (χ1n) is 10.3. The Balaban J connectivity index is 1.40. The Kier molecular flexibility index (Phi) is 6.07. The fraction of sp³-hybridized carbons (Fsp3) is 0.348. The van der Waals surface area contributed by atoms with Gasteiger partial charge in [0.2, 0.25) is 5.91 Å². The fourth-order valence-electron chi connectivity index (χ4n) is 4.02. The van der Waals surface area contributed by atoms with Gasteiger partial charge < -0.3 is 9.64 Å². The number of pyridine rings is 1. The van der Waals surface area contributed by atoms with E-state index in [-0.39, 0.29) is 23.5 Å². The first kappa shape index (κ1) is 20.1. The van der Waals surface area contributed by atoms with Crippen LogP contribution in [0.15, 0.2) is 48.9 Å². The number of nitrogens with one attached hydrogen (secondary N) is 1. The van der Waals surface area contributed by atoms with Crippen LogP contribution in [-0.2, 0) is 4.79 Å². The first-order chi connectivity index (χ1) is 14.6. The molecule has 30 heavy (non-hydrogen) atoms. The van der Waals surface area contributed by atoms with Gasteiger partial charge in [-0.3, -0.25) is 14.9 Å². The maximum absolute atomic E-state index is 13.6. The molecule has 4 rings (SSSR count). The lowest BCUT2D eigenvalue weighted by Gasteiger charge is -2.25. The molecule has 1 aliphatic heterocycles. The van der Waals surface area contributed by atoms with Crippen LogP contribution >= 0.6 is 0 Å². The second-order valence-corrected chi connectivity index (χ2v) is 7.52. The van der Waals surface area contributed by atoms with Crippen molar-refractivity contribution in [3.63, 3.8) is 0 Å². The number of likely N-dealkylation sites (tertiary alicyclic amines) is 1. The van der Waals surface area contributed by atoms with Crippen LogP contribution < -0.4 is 4.74 Å². The fourth-order valence-corrected chi connectivity index (χ4v) is 4.02. The highest BCUT2D eigenvalue weighted by Gasteiger charge is 2.32. The van der Waals surface area contributed by atoms with E-state index >= 15 is 0 Å². The molecule has 0 radical (unpaired) electrons. The molecule has 2 aromatic heterocycles. The van der Waals surface area contributed by atoms with Gasteiger partial charge in [0.05, 0.1) is 24.5 Å². The third-order valence-corrected chi connectivity index (χ3v) is 5.51. The van der Waals surface area contributed by atoms with Gasteiger partial charge in [-0.25, -0.2) is 4.39 Å². The largest absolute Gasteiger partial charge is 0.491 e. The van der Waals surface area contributed by atoms with E-state index in [9.17, 15) is 9.18 Å². The summed E-state index contributed by atoms with van der Waals surface area (Å²) in [5.74, 6) is -0.0814. The van der Waals surface area contributed by atoms with Crippen molar-refractivity contribution in [2.45, 2.75) is 38.6 Å². The molecule has 1 saturated heterocycles. The molecule has 0 spiro atoms. The Hall–Kier alpha value is -3.22. The maximum atomic E-state index is 13.6. The summed E-state index contributed by atoms with van der Waals surface area (Å²) in [4.78, 5) is 19.0. The van der Waals surface area contributed by atoms with Crippen molar-refractivity contribution in [2.24, 2.45) is 0 Å². The van der Waals surface area contributed by atoms with Gasteiger partial charge >= 0.3 is 0 Å². The number of amides is 1. The predicted molar refractivity (Wildman–Crippen MR) is 111 cm³/mol. The van der Waals surface area contributed by atoms with Gasteiger partial charge in [-0.15, -0.1) is 0 Å². The van der Waals surface area contributed by atoms with Gasteiger partial charge in [0.1, 0.15) is 0 Å². The third-order valence-electron chi connectivity index (χ3n) is 5.51. The molecular weight excluding hydrogens is 383 g/mol. The van der Waals surface area contributed by atoms with Crippen molar-refractivity contribution in [2.75, 3.05) is 13.2 Å². The number of aryl methyl sites for hydroxylation is 1. The SMILES string of the molecule is Cc1cnccc1-c1cn[nH]c1[C@@H]1CCCN1C(=O)CCCOc1ccccc1F. The number of hydrogen-bond acceptors (Lipinski definition) is 4. The number of carbonyl (C=O) groups excluding carboxylic acids is 1. The van der Waals surface area contributed by atoms with E-state index in [2.05, 4.69) is 15.2 Å². The quantitative estimate of drug-likeness (QED) is 0.587. The van der Waals surface area contributed by atoms with Gasteiger partial charge in [-0.05, 0) is 55.5 Å². The standard InChI is InChI=1S/C23H25FN4O2/c1-16-14-25-11-10-17(16)18-15-26-27-23(18)20-7-4-12-28(20)22(29)9-5-13-30-21-8-3-2-6-19(21)24/h2-3,6,8,10-11,14-15,20H,4-5,7,9,12-13H2,1H3,(H,26,27)/t20-/m0/s1. The number of aromatic nitrogens is 3. The summed E-state index contributed by atoms with van der Waals surface area (Å²) in [5.41, 5.74) is 4.13. The zero-order valence-corrected chi connectivity index (χ0v) is 17.0. The number of nitrogens with zero attached hydrogens (tertiary/aromatic N) is 3. The number of para-hydroxylation sites is 1. The van der Waals surface area contributed by atoms with Gasteiger partial charge in [0, 0.05) is 30.9 Å². The van der Waals surface area contributed by atoms with Crippen LogP contribution in [-0.4, -0.2) is 39.1 Å². The van der Waals surface area contributed by atoms with Crippen LogP contribution in [0.3, 0.4) is 0 Å². The van der Waals surface area contributed by atoms with E-state index in [1.54, 1.807) is 24.4 Å². The summed E-state index contributed by atoms with van der Waals surface area (Å²) in [7, 11) is 0. The average molecular weight is 408 g/mol. The lowest BCUT2D eigenvalue weighted by atomic mass is 9.98. The molecule has 1 aromatic carbocycles.